The highest BCUT2D eigenvalue weighted by Crippen LogP contribution is 2.19. The number of hydrogen-bond donors (Lipinski definition) is 2. The second-order valence-corrected chi connectivity index (χ2v) is 5.76. The molecule has 2 amide bonds. The largest absolute Gasteiger partial charge is 0.337 e. The Morgan fingerprint density at radius 2 is 1.67 bits per heavy atom. The summed E-state index contributed by atoms with van der Waals surface area (Å²) in [4.78, 5) is 27.1. The third-order valence-electron chi connectivity index (χ3n) is 4.07. The number of nitrogens with one attached hydrogen (secondary N) is 2. The van der Waals surface area contributed by atoms with Crippen LogP contribution in [0, 0.1) is 0 Å². The smallest absolute Gasteiger partial charge is 0.256 e. The van der Waals surface area contributed by atoms with Crippen molar-refractivity contribution in [2.24, 2.45) is 0 Å². The zero-order valence-corrected chi connectivity index (χ0v) is 13.5. The van der Waals surface area contributed by atoms with Crippen LogP contribution in [-0.4, -0.2) is 42.9 Å². The molecule has 0 saturated carbocycles. The molecule has 3 rings (SSSR count). The molecule has 1 heterocycles. The van der Waals surface area contributed by atoms with E-state index in [0.717, 1.165) is 26.1 Å². The molecule has 1 saturated heterocycles. The summed E-state index contributed by atoms with van der Waals surface area (Å²) in [5.41, 5.74) is 1.65. The fourth-order valence-corrected chi connectivity index (χ4v) is 2.78. The molecular weight excluding hydrogens is 302 g/mol. The molecule has 1 aliphatic heterocycles. The number of para-hydroxylation sites is 1. The van der Waals surface area contributed by atoms with E-state index < -0.39 is 0 Å². The lowest BCUT2D eigenvalue weighted by molar-refractivity contribution is 0.0767. The van der Waals surface area contributed by atoms with Crippen molar-refractivity contribution in [3.63, 3.8) is 0 Å². The van der Waals surface area contributed by atoms with Gasteiger partial charge >= 0.3 is 0 Å². The molecule has 2 aromatic rings. The average Bonchev–Trinajstić information content (AvgIpc) is 2.92. The summed E-state index contributed by atoms with van der Waals surface area (Å²) >= 11 is 0. The third kappa shape index (κ3) is 3.81. The van der Waals surface area contributed by atoms with Crippen LogP contribution in [0.15, 0.2) is 54.6 Å². The van der Waals surface area contributed by atoms with E-state index in [1.165, 1.54) is 0 Å². The number of carbonyl (C=O) groups excluding carboxylic acids is 2. The van der Waals surface area contributed by atoms with Gasteiger partial charge in [0.05, 0.1) is 11.3 Å². The predicted octanol–water partition coefficient (Wildman–Crippen LogP) is 2.37. The molecule has 5 nitrogen and oxygen atoms in total. The van der Waals surface area contributed by atoms with Crippen LogP contribution in [0.4, 0.5) is 5.69 Å². The van der Waals surface area contributed by atoms with E-state index in [-0.39, 0.29) is 11.8 Å². The van der Waals surface area contributed by atoms with Gasteiger partial charge in [0.2, 0.25) is 0 Å². The predicted molar refractivity (Wildman–Crippen MR) is 94.2 cm³/mol. The highest BCUT2D eigenvalue weighted by molar-refractivity contribution is 6.09. The quantitative estimate of drug-likeness (QED) is 0.911. The molecule has 0 aliphatic carbocycles. The SMILES string of the molecule is O=C(Nc1ccccc1C(=O)N1CCCNCC1)c1ccccc1. The molecule has 2 N–H and O–H groups in total. The second kappa shape index (κ2) is 7.75. The van der Waals surface area contributed by atoms with Crippen LogP contribution < -0.4 is 10.6 Å². The van der Waals surface area contributed by atoms with E-state index in [1.54, 1.807) is 24.3 Å². The Labute approximate surface area is 141 Å². The molecule has 0 bridgehead atoms. The Hall–Kier alpha value is -2.66. The van der Waals surface area contributed by atoms with Gasteiger partial charge in [-0.2, -0.15) is 0 Å². The van der Waals surface area contributed by atoms with E-state index in [0.29, 0.717) is 23.4 Å². The molecule has 5 heteroatoms. The van der Waals surface area contributed by atoms with E-state index in [4.69, 9.17) is 0 Å². The summed E-state index contributed by atoms with van der Waals surface area (Å²) in [5.74, 6) is -0.254. The Morgan fingerprint density at radius 1 is 0.917 bits per heavy atom. The van der Waals surface area contributed by atoms with Gasteiger partial charge in [-0.1, -0.05) is 30.3 Å². The number of rotatable bonds is 3. The summed E-state index contributed by atoms with van der Waals surface area (Å²) in [6.07, 6.45) is 0.935. The van der Waals surface area contributed by atoms with Crippen molar-refractivity contribution >= 4 is 17.5 Å². The van der Waals surface area contributed by atoms with Crippen LogP contribution in [0.5, 0.6) is 0 Å². The molecule has 124 valence electrons. The van der Waals surface area contributed by atoms with Crippen molar-refractivity contribution in [2.75, 3.05) is 31.5 Å². The molecule has 24 heavy (non-hydrogen) atoms. The molecule has 0 unspecified atom stereocenters. The number of benzene rings is 2. The van der Waals surface area contributed by atoms with Gasteiger partial charge in [-0.3, -0.25) is 9.59 Å². The van der Waals surface area contributed by atoms with E-state index in [9.17, 15) is 9.59 Å². The van der Waals surface area contributed by atoms with Crippen LogP contribution in [0.25, 0.3) is 0 Å². The van der Waals surface area contributed by atoms with Crippen LogP contribution in [0.3, 0.4) is 0 Å². The van der Waals surface area contributed by atoms with Crippen molar-refractivity contribution in [1.29, 1.82) is 0 Å². The summed E-state index contributed by atoms with van der Waals surface area (Å²) in [6.45, 7) is 3.13. The average molecular weight is 323 g/mol. The molecule has 0 radical (unpaired) electrons. The third-order valence-corrected chi connectivity index (χ3v) is 4.07. The van der Waals surface area contributed by atoms with Crippen LogP contribution in [0.1, 0.15) is 27.1 Å². The van der Waals surface area contributed by atoms with E-state index in [2.05, 4.69) is 10.6 Å². The number of carbonyl (C=O) groups is 2. The molecule has 1 fully saturated rings. The highest BCUT2D eigenvalue weighted by atomic mass is 16.2. The van der Waals surface area contributed by atoms with Crippen molar-refractivity contribution < 1.29 is 9.59 Å². The van der Waals surface area contributed by atoms with Gasteiger partial charge in [0.1, 0.15) is 0 Å². The van der Waals surface area contributed by atoms with Crippen molar-refractivity contribution in [3.8, 4) is 0 Å². The van der Waals surface area contributed by atoms with E-state index >= 15 is 0 Å². The van der Waals surface area contributed by atoms with Gasteiger partial charge in [-0.15, -0.1) is 0 Å². The second-order valence-electron chi connectivity index (χ2n) is 5.76. The molecule has 0 atom stereocenters. The lowest BCUT2D eigenvalue weighted by atomic mass is 10.1. The summed E-state index contributed by atoms with van der Waals surface area (Å²) in [6, 6.07) is 16.2. The minimum Gasteiger partial charge on any atom is -0.337 e. The standard InChI is InChI=1S/C19H21N3O2/c23-18(15-7-2-1-3-8-15)21-17-10-5-4-9-16(17)19(24)22-13-6-11-20-12-14-22/h1-5,7-10,20H,6,11-14H2,(H,21,23). The van der Waals surface area contributed by atoms with Crippen LogP contribution in [-0.2, 0) is 0 Å². The summed E-state index contributed by atoms with van der Waals surface area (Å²) < 4.78 is 0. The minimum absolute atomic E-state index is 0.0392. The van der Waals surface area contributed by atoms with Gasteiger partial charge in [0.15, 0.2) is 0 Å². The number of nitrogens with zero attached hydrogens (tertiary/aromatic N) is 1. The van der Waals surface area contributed by atoms with Crippen molar-refractivity contribution in [3.05, 3.63) is 65.7 Å². The normalized spacial score (nSPS) is 14.8. The molecule has 1 aliphatic rings. The first-order valence-electron chi connectivity index (χ1n) is 8.21. The Morgan fingerprint density at radius 3 is 2.50 bits per heavy atom. The van der Waals surface area contributed by atoms with Crippen LogP contribution in [0.2, 0.25) is 0 Å². The van der Waals surface area contributed by atoms with Crippen molar-refractivity contribution in [1.82, 2.24) is 10.2 Å². The first-order valence-corrected chi connectivity index (χ1v) is 8.21. The molecule has 0 aromatic heterocycles. The maximum atomic E-state index is 12.8. The lowest BCUT2D eigenvalue weighted by Crippen LogP contribution is -2.34. The lowest BCUT2D eigenvalue weighted by Gasteiger charge is -2.21. The van der Waals surface area contributed by atoms with Gasteiger partial charge in [0, 0.05) is 25.2 Å². The van der Waals surface area contributed by atoms with Gasteiger partial charge in [-0.05, 0) is 37.2 Å². The monoisotopic (exact) mass is 323 g/mol. The Kier molecular flexibility index (Phi) is 5.23. The zero-order chi connectivity index (χ0) is 16.8. The maximum absolute atomic E-state index is 12.8. The minimum atomic E-state index is -0.214. The number of anilines is 1. The first kappa shape index (κ1) is 16.2. The topological polar surface area (TPSA) is 61.4 Å². The maximum Gasteiger partial charge on any atom is 0.256 e. The zero-order valence-electron chi connectivity index (χ0n) is 13.5. The summed E-state index contributed by atoms with van der Waals surface area (Å²) in [7, 11) is 0. The fraction of sp³-hybridized carbons (Fsp3) is 0.263. The molecule has 0 spiro atoms. The Balaban J connectivity index is 1.80. The molecule has 2 aromatic carbocycles. The van der Waals surface area contributed by atoms with E-state index in [1.807, 2.05) is 35.2 Å². The number of amides is 2. The molecular formula is C19H21N3O2. The summed E-state index contributed by atoms with van der Waals surface area (Å²) in [5, 5.41) is 6.15. The van der Waals surface area contributed by atoms with Gasteiger partial charge < -0.3 is 15.5 Å². The van der Waals surface area contributed by atoms with Gasteiger partial charge in [0.25, 0.3) is 11.8 Å². The van der Waals surface area contributed by atoms with Crippen LogP contribution >= 0.6 is 0 Å². The fourth-order valence-electron chi connectivity index (χ4n) is 2.78. The Bertz CT molecular complexity index is 708. The number of hydrogen-bond acceptors (Lipinski definition) is 3. The van der Waals surface area contributed by atoms with Crippen molar-refractivity contribution in [2.45, 2.75) is 6.42 Å². The highest BCUT2D eigenvalue weighted by Gasteiger charge is 2.20. The van der Waals surface area contributed by atoms with Gasteiger partial charge in [-0.25, -0.2) is 0 Å². The first-order chi connectivity index (χ1) is 11.8.